The topological polar surface area (TPSA) is 9.72 Å². The molecule has 5 aliphatic carbocycles. The van der Waals surface area contributed by atoms with E-state index in [0.29, 0.717) is 0 Å². The molecule has 452 valence electrons. The van der Waals surface area contributed by atoms with Crippen LogP contribution in [0.5, 0.6) is 0 Å². The molecule has 2 atom stereocenters. The Morgan fingerprint density at radius 3 is 1.36 bits per heavy atom. The van der Waals surface area contributed by atoms with Crippen molar-refractivity contribution in [1.82, 2.24) is 0 Å². The van der Waals surface area contributed by atoms with Gasteiger partial charge in [-0.3, -0.25) is 0 Å². The molecule has 3 aliphatic heterocycles. The molecule has 0 spiro atoms. The van der Waals surface area contributed by atoms with E-state index in [-0.39, 0.29) is 61.0 Å². The number of hydrogen-bond acceptors (Lipinski definition) is 3. The first-order valence-electron chi connectivity index (χ1n) is 34.0. The van der Waals surface area contributed by atoms with Crippen molar-refractivity contribution in [1.29, 1.82) is 0 Å². The van der Waals surface area contributed by atoms with Crippen molar-refractivity contribution in [2.24, 2.45) is 0 Å². The highest BCUT2D eigenvalue weighted by atomic mass is 15.3. The lowest BCUT2D eigenvalue weighted by molar-refractivity contribution is 0.195. The van der Waals surface area contributed by atoms with Crippen LogP contribution >= 0.6 is 0 Å². The number of anilines is 6. The van der Waals surface area contributed by atoms with Gasteiger partial charge in [0, 0.05) is 72.8 Å². The van der Waals surface area contributed by atoms with Crippen LogP contribution in [0.4, 0.5) is 34.1 Å². The van der Waals surface area contributed by atoms with Crippen molar-refractivity contribution < 1.29 is 0 Å². The van der Waals surface area contributed by atoms with Crippen molar-refractivity contribution in [2.75, 3.05) is 14.7 Å². The maximum absolute atomic E-state index is 2.88. The number of fused-ring (bicyclic) bond motifs is 11. The van der Waals surface area contributed by atoms with Crippen LogP contribution in [0.1, 0.15) is 251 Å². The molecule has 4 heteroatoms. The van der Waals surface area contributed by atoms with Crippen LogP contribution in [0.3, 0.4) is 0 Å². The van der Waals surface area contributed by atoms with Gasteiger partial charge in [-0.2, -0.15) is 0 Å². The van der Waals surface area contributed by atoms with Crippen LogP contribution in [0.2, 0.25) is 0 Å². The molecule has 88 heavy (non-hydrogen) atoms. The Bertz CT molecular complexity index is 4220. The Hall–Kier alpha value is -6.52. The highest BCUT2D eigenvalue weighted by Gasteiger charge is 2.62. The number of allylic oxidation sites excluding steroid dienone is 2. The average Bonchev–Trinajstić information content (AvgIpc) is 1.47. The van der Waals surface area contributed by atoms with E-state index in [9.17, 15) is 0 Å². The van der Waals surface area contributed by atoms with E-state index in [2.05, 4.69) is 287 Å². The van der Waals surface area contributed by atoms with E-state index >= 15 is 0 Å². The fraction of sp³-hybridized carbons (Fsp3) is 0.452. The lowest BCUT2D eigenvalue weighted by Crippen LogP contribution is -2.56. The van der Waals surface area contributed by atoms with E-state index in [1.807, 2.05) is 0 Å². The van der Waals surface area contributed by atoms with Crippen molar-refractivity contribution >= 4 is 57.7 Å². The normalized spacial score (nSPS) is 24.2. The lowest BCUT2D eigenvalue weighted by Gasteiger charge is -2.51. The quantitative estimate of drug-likeness (QED) is 0.163. The van der Waals surface area contributed by atoms with Gasteiger partial charge in [0.2, 0.25) is 6.71 Å². The first-order chi connectivity index (χ1) is 41.1. The summed E-state index contributed by atoms with van der Waals surface area (Å²) in [6.07, 6.45) is 9.46. The summed E-state index contributed by atoms with van der Waals surface area (Å²) >= 11 is 0. The van der Waals surface area contributed by atoms with Gasteiger partial charge in [0.15, 0.2) is 0 Å². The summed E-state index contributed by atoms with van der Waals surface area (Å²) in [7, 11) is 0. The third kappa shape index (κ3) is 7.74. The molecule has 0 aromatic heterocycles. The minimum Gasteiger partial charge on any atom is -0.334 e. The average molecular weight is 1160 g/mol. The van der Waals surface area contributed by atoms with Crippen LogP contribution in [-0.2, 0) is 48.7 Å². The smallest absolute Gasteiger partial charge is 0.245 e. The molecule has 15 rings (SSSR count). The van der Waals surface area contributed by atoms with Crippen LogP contribution < -0.4 is 20.2 Å². The summed E-state index contributed by atoms with van der Waals surface area (Å²) in [5, 5.41) is 0. The summed E-state index contributed by atoms with van der Waals surface area (Å²) in [6.45, 7) is 50.1. The van der Waals surface area contributed by atoms with Crippen LogP contribution in [0.15, 0.2) is 144 Å². The lowest BCUT2D eigenvalue weighted by atomic mass is 9.27. The van der Waals surface area contributed by atoms with E-state index in [4.69, 9.17) is 0 Å². The summed E-state index contributed by atoms with van der Waals surface area (Å²) in [4.78, 5) is 8.58. The maximum atomic E-state index is 2.88. The molecular formula is C84H98BN3. The van der Waals surface area contributed by atoms with E-state index in [0.717, 1.165) is 12.8 Å². The second kappa shape index (κ2) is 18.1. The zero-order valence-corrected chi connectivity index (χ0v) is 57.3. The predicted octanol–water partition coefficient (Wildman–Crippen LogP) is 21.9. The molecule has 7 aromatic carbocycles. The van der Waals surface area contributed by atoms with E-state index in [1.165, 1.54) is 156 Å². The molecule has 1 fully saturated rings. The third-order valence-corrected chi connectivity index (χ3v) is 25.1. The second-order valence-electron chi connectivity index (χ2n) is 35.0. The van der Waals surface area contributed by atoms with Gasteiger partial charge < -0.3 is 14.7 Å². The molecule has 0 radical (unpaired) electrons. The number of benzene rings is 7. The predicted molar refractivity (Wildman–Crippen MR) is 378 cm³/mol. The summed E-state index contributed by atoms with van der Waals surface area (Å²) in [5.74, 6) is 0. The van der Waals surface area contributed by atoms with Crippen molar-refractivity contribution in [3.63, 3.8) is 0 Å². The summed E-state index contributed by atoms with van der Waals surface area (Å²) < 4.78 is 0. The molecule has 3 heterocycles. The molecule has 7 aromatic rings. The standard InChI is InChI=1S/C84H98BN3/c1-75(2,3)52-32-35-54(36-33-52)86-68-45-55(88-67-31-25-24-30-59(67)83(19)38-26-27-39-84(83,88)20)46-69-70(68)85(73-71(86)57-47-62-64(49-60(57)81(73,15)16)79(11,12)42-40-77(62,7)8)74-72(58-48-63-65(50-61(58)82(74,17)18)80(13,14)43-41-78(63,9)10)87(69)66-37-34-53(76(4,5)6)44-56(66)51-28-22-21-23-29-51/h21-25,28-37,44-50H,26-27,38-43H2,1-20H3. The molecule has 8 aliphatic rings. The Balaban J connectivity index is 1.15. The second-order valence-corrected chi connectivity index (χ2v) is 35.0. The Kier molecular flexibility index (Phi) is 11.9. The first-order valence-corrected chi connectivity index (χ1v) is 34.0. The van der Waals surface area contributed by atoms with Gasteiger partial charge in [-0.25, -0.2) is 0 Å². The highest BCUT2D eigenvalue weighted by molar-refractivity contribution is 6.92. The van der Waals surface area contributed by atoms with Crippen molar-refractivity contribution in [3.8, 4) is 11.1 Å². The fourth-order valence-electron chi connectivity index (χ4n) is 19.2. The zero-order valence-electron chi connectivity index (χ0n) is 57.3. The van der Waals surface area contributed by atoms with E-state index < -0.39 is 0 Å². The van der Waals surface area contributed by atoms with E-state index in [1.54, 1.807) is 16.5 Å². The minimum absolute atomic E-state index is 0.00521. The monoisotopic (exact) mass is 1160 g/mol. The Labute approximate surface area is 530 Å². The highest BCUT2D eigenvalue weighted by Crippen LogP contribution is 2.67. The minimum atomic E-state index is -0.361. The van der Waals surface area contributed by atoms with Crippen LogP contribution in [-0.4, -0.2) is 12.3 Å². The summed E-state index contributed by atoms with van der Waals surface area (Å²) in [6, 6.07) is 54.8. The number of para-hydroxylation sites is 1. The molecular weight excluding hydrogens is 1060 g/mol. The maximum Gasteiger partial charge on any atom is 0.245 e. The van der Waals surface area contributed by atoms with Gasteiger partial charge in [-0.1, -0.05) is 234 Å². The first kappa shape index (κ1) is 57.9. The molecule has 1 saturated carbocycles. The van der Waals surface area contributed by atoms with Gasteiger partial charge in [-0.15, -0.1) is 0 Å². The van der Waals surface area contributed by atoms with Crippen molar-refractivity contribution in [3.05, 3.63) is 206 Å². The number of nitrogens with zero attached hydrogens (tertiary/aromatic N) is 3. The molecule has 3 nitrogen and oxygen atoms in total. The number of rotatable bonds is 4. The SMILES string of the molecule is CC(C)(C)c1ccc(N2C3=C(B4C5=C(c6cc7c(cc6C5(C)C)C(C)(C)CCC7(C)C)N(c5ccc(C(C)(C)C)cc5-c5ccccc5)c5cc(N6c7ccccc7C7(C)CCCCC67C)cc2c54)C(C)(C)c2cc4c(cc23)C(C)(C)CCC4(C)C)cc1. The molecule has 0 amide bonds. The Morgan fingerprint density at radius 1 is 0.364 bits per heavy atom. The Morgan fingerprint density at radius 2 is 0.830 bits per heavy atom. The van der Waals surface area contributed by atoms with Crippen molar-refractivity contribution in [2.45, 2.75) is 244 Å². The molecule has 0 bridgehead atoms. The van der Waals surface area contributed by atoms with Crippen LogP contribution in [0, 0.1) is 0 Å². The van der Waals surface area contributed by atoms with Gasteiger partial charge in [0.25, 0.3) is 0 Å². The van der Waals surface area contributed by atoms with Gasteiger partial charge in [0.1, 0.15) is 0 Å². The molecule has 2 unspecified atom stereocenters. The largest absolute Gasteiger partial charge is 0.334 e. The fourth-order valence-corrected chi connectivity index (χ4v) is 19.2. The van der Waals surface area contributed by atoms with Gasteiger partial charge in [0.05, 0.1) is 11.2 Å². The zero-order chi connectivity index (χ0) is 62.4. The van der Waals surface area contributed by atoms with Crippen LogP contribution in [0.25, 0.3) is 22.5 Å². The molecule has 0 N–H and O–H groups in total. The number of hydrogen-bond donors (Lipinski definition) is 0. The third-order valence-electron chi connectivity index (χ3n) is 25.1. The van der Waals surface area contributed by atoms with Gasteiger partial charge in [-0.05, 0) is 194 Å². The van der Waals surface area contributed by atoms with Gasteiger partial charge >= 0.3 is 0 Å². The molecule has 0 saturated heterocycles. The summed E-state index contributed by atoms with van der Waals surface area (Å²) in [5.41, 5.74) is 32.8.